The first-order valence-corrected chi connectivity index (χ1v) is 7.58. The molecule has 0 atom stereocenters. The highest BCUT2D eigenvalue weighted by molar-refractivity contribution is 5.98. The maximum Gasteiger partial charge on any atom is 0.252 e. The van der Waals surface area contributed by atoms with Gasteiger partial charge in [0.2, 0.25) is 0 Å². The van der Waals surface area contributed by atoms with Gasteiger partial charge >= 0.3 is 0 Å². The first-order chi connectivity index (χ1) is 12.3. The van der Waals surface area contributed by atoms with Gasteiger partial charge in [-0.05, 0) is 19.9 Å². The number of carbonyl (C=O) groups excluding carboxylic acids is 1. The van der Waals surface area contributed by atoms with Gasteiger partial charge in [0.05, 0.1) is 29.1 Å². The highest BCUT2D eigenvalue weighted by atomic mass is 16.1. The van der Waals surface area contributed by atoms with Gasteiger partial charge in [0, 0.05) is 23.8 Å². The number of anilines is 1. The molecule has 0 saturated carbocycles. The molecule has 9 nitrogen and oxygen atoms in total. The van der Waals surface area contributed by atoms with Crippen molar-refractivity contribution in [2.45, 2.75) is 19.4 Å². The third-order valence-electron chi connectivity index (χ3n) is 3.64. The van der Waals surface area contributed by atoms with Crippen LogP contribution in [-0.2, 0) is 0 Å². The van der Waals surface area contributed by atoms with Crippen LogP contribution in [0.25, 0.3) is 16.9 Å². The molecule has 0 saturated heterocycles. The Hall–Kier alpha value is -3.98. The van der Waals surface area contributed by atoms with Crippen LogP contribution < -0.4 is 11.1 Å². The van der Waals surface area contributed by atoms with E-state index in [0.717, 1.165) is 0 Å². The summed E-state index contributed by atoms with van der Waals surface area (Å²) < 4.78 is 1.48. The normalized spacial score (nSPS) is 10.9. The number of nitrogens with two attached hydrogens (primary N) is 1. The monoisotopic (exact) mass is 346 g/mol. The Morgan fingerprint density at radius 3 is 2.65 bits per heavy atom. The third kappa shape index (κ3) is 3.01. The van der Waals surface area contributed by atoms with Gasteiger partial charge in [-0.2, -0.15) is 20.3 Å². The Labute approximate surface area is 148 Å². The third-order valence-corrected chi connectivity index (χ3v) is 3.64. The van der Waals surface area contributed by atoms with Crippen molar-refractivity contribution in [1.82, 2.24) is 19.7 Å². The molecule has 0 aliphatic carbocycles. The van der Waals surface area contributed by atoms with Crippen molar-refractivity contribution < 1.29 is 4.79 Å². The molecule has 0 bridgehead atoms. The minimum atomic E-state index is -0.922. The van der Waals surface area contributed by atoms with E-state index >= 15 is 0 Å². The predicted octanol–water partition coefficient (Wildman–Crippen LogP) is 1.50. The van der Waals surface area contributed by atoms with Crippen LogP contribution in [0.3, 0.4) is 0 Å². The van der Waals surface area contributed by atoms with E-state index in [1.807, 2.05) is 6.07 Å². The van der Waals surface area contributed by atoms with Crippen molar-refractivity contribution in [3.63, 3.8) is 0 Å². The van der Waals surface area contributed by atoms with Crippen LogP contribution in [0.15, 0.2) is 30.7 Å². The molecule has 3 rings (SSSR count). The van der Waals surface area contributed by atoms with E-state index in [9.17, 15) is 10.1 Å². The number of hydrogen-bond donors (Lipinski definition) is 2. The van der Waals surface area contributed by atoms with Gasteiger partial charge in [0.15, 0.2) is 11.5 Å². The summed E-state index contributed by atoms with van der Waals surface area (Å²) in [7, 11) is 0. The molecule has 3 aromatic heterocycles. The lowest BCUT2D eigenvalue weighted by molar-refractivity contribution is 0.100. The lowest BCUT2D eigenvalue weighted by atomic mass is 10.1. The molecular weight excluding hydrogens is 332 g/mol. The van der Waals surface area contributed by atoms with Crippen molar-refractivity contribution in [2.75, 3.05) is 5.32 Å². The minimum Gasteiger partial charge on any atom is -0.367 e. The average Bonchev–Trinajstić information content (AvgIpc) is 3.04. The summed E-state index contributed by atoms with van der Waals surface area (Å²) in [5.74, 6) is -0.277. The van der Waals surface area contributed by atoms with E-state index < -0.39 is 11.4 Å². The first kappa shape index (κ1) is 16.9. The fourth-order valence-electron chi connectivity index (χ4n) is 2.37. The zero-order valence-electron chi connectivity index (χ0n) is 14.1. The van der Waals surface area contributed by atoms with E-state index in [2.05, 4.69) is 26.5 Å². The van der Waals surface area contributed by atoms with Gasteiger partial charge in [-0.15, -0.1) is 0 Å². The van der Waals surface area contributed by atoms with Crippen molar-refractivity contribution in [3.05, 3.63) is 41.9 Å². The number of fused-ring (bicyclic) bond motifs is 1. The van der Waals surface area contributed by atoms with Gasteiger partial charge in [0.25, 0.3) is 5.91 Å². The van der Waals surface area contributed by atoms with Gasteiger partial charge in [-0.1, -0.05) is 0 Å². The zero-order chi connectivity index (χ0) is 18.9. The van der Waals surface area contributed by atoms with Crippen molar-refractivity contribution >= 4 is 22.6 Å². The van der Waals surface area contributed by atoms with E-state index in [1.54, 1.807) is 32.2 Å². The summed E-state index contributed by atoms with van der Waals surface area (Å²) in [5, 5.41) is 26.1. The van der Waals surface area contributed by atoms with Crippen molar-refractivity contribution in [1.29, 1.82) is 10.5 Å². The molecule has 0 unspecified atom stereocenters. The number of hydrogen-bond acceptors (Lipinski definition) is 7. The fraction of sp³-hybridized carbons (Fsp3) is 0.176. The van der Waals surface area contributed by atoms with Crippen LogP contribution in [0.5, 0.6) is 0 Å². The second kappa shape index (κ2) is 6.15. The highest BCUT2D eigenvalue weighted by Crippen LogP contribution is 2.23. The highest BCUT2D eigenvalue weighted by Gasteiger charge is 2.21. The largest absolute Gasteiger partial charge is 0.367 e. The molecule has 3 N–H and O–H groups in total. The topological polar surface area (TPSA) is 146 Å². The Morgan fingerprint density at radius 1 is 1.23 bits per heavy atom. The number of rotatable bonds is 4. The second-order valence-electron chi connectivity index (χ2n) is 6.12. The van der Waals surface area contributed by atoms with E-state index in [0.29, 0.717) is 28.1 Å². The lowest BCUT2D eigenvalue weighted by Crippen LogP contribution is -2.30. The molecule has 0 spiro atoms. The molecule has 9 heteroatoms. The van der Waals surface area contributed by atoms with E-state index in [1.165, 1.54) is 17.1 Å². The molecule has 3 aromatic rings. The summed E-state index contributed by atoms with van der Waals surface area (Å²) in [6.07, 6.45) is 4.33. The maximum absolute atomic E-state index is 11.7. The summed E-state index contributed by atoms with van der Waals surface area (Å²) in [6, 6.07) is 7.37. The molecule has 0 fully saturated rings. The number of nitrogens with zero attached hydrogens (tertiary/aromatic N) is 6. The van der Waals surface area contributed by atoms with Gasteiger partial charge in [0.1, 0.15) is 11.6 Å². The minimum absolute atomic E-state index is 0.160. The Kier molecular flexibility index (Phi) is 3.99. The average molecular weight is 346 g/mol. The van der Waals surface area contributed by atoms with Gasteiger partial charge in [-0.3, -0.25) is 4.79 Å². The molecule has 1 amide bonds. The number of nitriles is 2. The summed E-state index contributed by atoms with van der Waals surface area (Å²) in [5.41, 5.74) is 5.94. The SMILES string of the molecule is CC(C)(C#N)Nc1cc(-n2ncc3cc(C#N)cnc32)ncc1C(N)=O. The van der Waals surface area contributed by atoms with Gasteiger partial charge < -0.3 is 11.1 Å². The molecule has 0 aliphatic heterocycles. The van der Waals surface area contributed by atoms with E-state index in [4.69, 9.17) is 11.0 Å². The molecule has 0 aromatic carbocycles. The van der Waals surface area contributed by atoms with Crippen LogP contribution in [0, 0.1) is 22.7 Å². The van der Waals surface area contributed by atoms with Gasteiger partial charge in [-0.25, -0.2) is 9.97 Å². The Bertz CT molecular complexity index is 1100. The zero-order valence-corrected chi connectivity index (χ0v) is 14.1. The van der Waals surface area contributed by atoms with Crippen LogP contribution >= 0.6 is 0 Å². The first-order valence-electron chi connectivity index (χ1n) is 7.58. The smallest absolute Gasteiger partial charge is 0.252 e. The summed E-state index contributed by atoms with van der Waals surface area (Å²) in [4.78, 5) is 20.1. The van der Waals surface area contributed by atoms with Crippen molar-refractivity contribution in [2.24, 2.45) is 5.73 Å². The predicted molar refractivity (Wildman–Crippen MR) is 93.2 cm³/mol. The van der Waals surface area contributed by atoms with Crippen LogP contribution in [0.1, 0.15) is 29.8 Å². The molecule has 128 valence electrons. The maximum atomic E-state index is 11.7. The molecule has 0 aliphatic rings. The van der Waals surface area contributed by atoms with Crippen LogP contribution in [0.2, 0.25) is 0 Å². The van der Waals surface area contributed by atoms with Crippen LogP contribution in [-0.4, -0.2) is 31.2 Å². The lowest BCUT2D eigenvalue weighted by Gasteiger charge is -2.21. The summed E-state index contributed by atoms with van der Waals surface area (Å²) in [6.45, 7) is 3.35. The second-order valence-corrected chi connectivity index (χ2v) is 6.12. The molecule has 3 heterocycles. The standard InChI is InChI=1S/C17H14N8O/c1-17(2,9-19)24-13-4-14(21-8-12(13)15(20)26)25-16-11(7-23-25)3-10(5-18)6-22-16/h3-4,6-8H,1-2H3,(H2,20,26)(H,21,24). The molecular formula is C17H14N8O. The van der Waals surface area contributed by atoms with Crippen molar-refractivity contribution in [3.8, 4) is 18.0 Å². The number of pyridine rings is 2. The number of carbonyl (C=O) groups is 1. The van der Waals surface area contributed by atoms with E-state index in [-0.39, 0.29) is 5.56 Å². The Morgan fingerprint density at radius 2 is 2.00 bits per heavy atom. The molecule has 0 radical (unpaired) electrons. The summed E-state index contributed by atoms with van der Waals surface area (Å²) >= 11 is 0. The number of nitrogens with one attached hydrogen (secondary N) is 1. The molecule has 26 heavy (non-hydrogen) atoms. The fourth-order valence-corrected chi connectivity index (χ4v) is 2.37. The Balaban J connectivity index is 2.14. The number of amides is 1. The number of aromatic nitrogens is 4. The van der Waals surface area contributed by atoms with Crippen LogP contribution in [0.4, 0.5) is 5.69 Å². The quantitative estimate of drug-likeness (QED) is 0.727. The number of primary amides is 1.